The third kappa shape index (κ3) is 3.08. The number of carbonyl (C=O) groups is 1. The topological polar surface area (TPSA) is 41.1 Å². The zero-order valence-corrected chi connectivity index (χ0v) is 7.97. The van der Waals surface area contributed by atoms with Crippen molar-refractivity contribution in [1.82, 2.24) is 10.6 Å². The van der Waals surface area contributed by atoms with Crippen LogP contribution in [0.5, 0.6) is 0 Å². The zero-order valence-electron chi connectivity index (χ0n) is 7.97. The Kier molecular flexibility index (Phi) is 3.78. The molecule has 0 aromatic heterocycles. The lowest BCUT2D eigenvalue weighted by atomic mass is 9.98. The maximum atomic E-state index is 11.5. The van der Waals surface area contributed by atoms with Crippen molar-refractivity contribution in [3.8, 4) is 12.3 Å². The first-order valence-corrected chi connectivity index (χ1v) is 4.71. The summed E-state index contributed by atoms with van der Waals surface area (Å²) in [6, 6.07) is -0.158. The molecule has 3 heteroatoms. The van der Waals surface area contributed by atoms with Gasteiger partial charge in [-0.2, -0.15) is 0 Å². The number of hydrogen-bond acceptors (Lipinski definition) is 2. The predicted molar refractivity (Wildman–Crippen MR) is 52.0 cm³/mol. The highest BCUT2D eigenvalue weighted by Crippen LogP contribution is 2.09. The Hall–Kier alpha value is -1.01. The average Bonchev–Trinajstić information content (AvgIpc) is 2.19. The highest BCUT2D eigenvalue weighted by molar-refractivity contribution is 5.79. The van der Waals surface area contributed by atoms with Gasteiger partial charge in [0.15, 0.2) is 0 Å². The van der Waals surface area contributed by atoms with E-state index >= 15 is 0 Å². The Bertz CT molecular complexity index is 213. The second-order valence-electron chi connectivity index (χ2n) is 3.44. The third-order valence-electron chi connectivity index (χ3n) is 2.28. The average molecular weight is 180 g/mol. The van der Waals surface area contributed by atoms with Crippen LogP contribution >= 0.6 is 0 Å². The lowest BCUT2D eigenvalue weighted by Crippen LogP contribution is -2.43. The molecule has 2 unspecified atom stereocenters. The number of carbonyl (C=O) groups excluding carboxylic acids is 1. The van der Waals surface area contributed by atoms with Crippen molar-refractivity contribution in [3.63, 3.8) is 0 Å². The van der Waals surface area contributed by atoms with Gasteiger partial charge in [-0.1, -0.05) is 5.92 Å². The lowest BCUT2D eigenvalue weighted by Gasteiger charge is -2.22. The van der Waals surface area contributed by atoms with Crippen LogP contribution in [-0.2, 0) is 4.79 Å². The summed E-state index contributed by atoms with van der Waals surface area (Å²) < 4.78 is 0. The lowest BCUT2D eigenvalue weighted by molar-refractivity contribution is -0.125. The standard InChI is InChI=1S/C10H16N2O/c1-3-8(2)12-10(13)9-5-4-6-11-7-9/h1,8-9,11H,4-7H2,2H3,(H,12,13). The Morgan fingerprint density at radius 1 is 1.77 bits per heavy atom. The van der Waals surface area contributed by atoms with Crippen LogP contribution in [0.3, 0.4) is 0 Å². The third-order valence-corrected chi connectivity index (χ3v) is 2.28. The van der Waals surface area contributed by atoms with E-state index in [1.165, 1.54) is 0 Å². The van der Waals surface area contributed by atoms with Gasteiger partial charge in [0.05, 0.1) is 12.0 Å². The fourth-order valence-electron chi connectivity index (χ4n) is 1.45. The fourth-order valence-corrected chi connectivity index (χ4v) is 1.45. The largest absolute Gasteiger partial charge is 0.342 e. The number of amides is 1. The van der Waals surface area contributed by atoms with E-state index in [1.807, 2.05) is 6.92 Å². The van der Waals surface area contributed by atoms with Crippen LogP contribution in [-0.4, -0.2) is 25.0 Å². The molecule has 0 saturated carbocycles. The number of hydrogen-bond donors (Lipinski definition) is 2. The summed E-state index contributed by atoms with van der Waals surface area (Å²) in [7, 11) is 0. The van der Waals surface area contributed by atoms with Crippen LogP contribution in [0.1, 0.15) is 19.8 Å². The van der Waals surface area contributed by atoms with Gasteiger partial charge in [0, 0.05) is 6.54 Å². The van der Waals surface area contributed by atoms with Crippen molar-refractivity contribution in [2.45, 2.75) is 25.8 Å². The SMILES string of the molecule is C#CC(C)NC(=O)C1CCCNC1. The van der Waals surface area contributed by atoms with Gasteiger partial charge >= 0.3 is 0 Å². The monoisotopic (exact) mass is 180 g/mol. The summed E-state index contributed by atoms with van der Waals surface area (Å²) >= 11 is 0. The molecule has 1 fully saturated rings. The molecule has 0 aromatic rings. The molecule has 1 aliphatic rings. The van der Waals surface area contributed by atoms with Crippen LogP contribution in [0.15, 0.2) is 0 Å². The molecule has 1 rings (SSSR count). The Labute approximate surface area is 79.3 Å². The van der Waals surface area contributed by atoms with Gasteiger partial charge in [0.1, 0.15) is 0 Å². The summed E-state index contributed by atoms with van der Waals surface area (Å²) in [5.74, 6) is 2.67. The first kappa shape index (κ1) is 10.1. The van der Waals surface area contributed by atoms with Crippen molar-refractivity contribution in [1.29, 1.82) is 0 Å². The first-order valence-electron chi connectivity index (χ1n) is 4.71. The van der Waals surface area contributed by atoms with E-state index in [-0.39, 0.29) is 17.9 Å². The molecule has 0 radical (unpaired) electrons. The van der Waals surface area contributed by atoms with E-state index in [2.05, 4.69) is 16.6 Å². The van der Waals surface area contributed by atoms with Gasteiger partial charge in [-0.3, -0.25) is 4.79 Å². The van der Waals surface area contributed by atoms with Crippen molar-refractivity contribution in [2.75, 3.05) is 13.1 Å². The molecule has 2 atom stereocenters. The fraction of sp³-hybridized carbons (Fsp3) is 0.700. The first-order chi connectivity index (χ1) is 6.24. The highest BCUT2D eigenvalue weighted by Gasteiger charge is 2.21. The second-order valence-corrected chi connectivity index (χ2v) is 3.44. The molecule has 0 bridgehead atoms. The second kappa shape index (κ2) is 4.88. The molecule has 3 nitrogen and oxygen atoms in total. The Morgan fingerprint density at radius 3 is 3.08 bits per heavy atom. The molecule has 0 aromatic carbocycles. The van der Waals surface area contributed by atoms with Crippen LogP contribution < -0.4 is 10.6 Å². The highest BCUT2D eigenvalue weighted by atomic mass is 16.1. The minimum Gasteiger partial charge on any atom is -0.342 e. The summed E-state index contributed by atoms with van der Waals surface area (Å²) in [6.07, 6.45) is 7.21. The minimum atomic E-state index is -0.158. The molecule has 0 aliphatic carbocycles. The zero-order chi connectivity index (χ0) is 9.68. The Morgan fingerprint density at radius 2 is 2.54 bits per heavy atom. The van der Waals surface area contributed by atoms with E-state index in [4.69, 9.17) is 6.42 Å². The van der Waals surface area contributed by atoms with E-state index < -0.39 is 0 Å². The smallest absolute Gasteiger partial charge is 0.225 e. The maximum absolute atomic E-state index is 11.5. The molecule has 1 amide bonds. The summed E-state index contributed by atoms with van der Waals surface area (Å²) in [6.45, 7) is 3.62. The molecular formula is C10H16N2O. The van der Waals surface area contributed by atoms with E-state index in [9.17, 15) is 4.79 Å². The van der Waals surface area contributed by atoms with Crippen LogP contribution in [0.4, 0.5) is 0 Å². The number of terminal acetylenes is 1. The van der Waals surface area contributed by atoms with Crippen molar-refractivity contribution < 1.29 is 4.79 Å². The van der Waals surface area contributed by atoms with E-state index in [1.54, 1.807) is 0 Å². The van der Waals surface area contributed by atoms with Crippen LogP contribution in [0, 0.1) is 18.3 Å². The van der Waals surface area contributed by atoms with Gasteiger partial charge in [0.25, 0.3) is 0 Å². The molecular weight excluding hydrogens is 164 g/mol. The van der Waals surface area contributed by atoms with Gasteiger partial charge in [-0.15, -0.1) is 6.42 Å². The number of piperidine rings is 1. The van der Waals surface area contributed by atoms with E-state index in [0.29, 0.717) is 0 Å². The van der Waals surface area contributed by atoms with Crippen molar-refractivity contribution in [2.24, 2.45) is 5.92 Å². The summed E-state index contributed by atoms with van der Waals surface area (Å²) in [5.41, 5.74) is 0. The minimum absolute atomic E-state index is 0.0812. The van der Waals surface area contributed by atoms with Crippen molar-refractivity contribution in [3.05, 3.63) is 0 Å². The van der Waals surface area contributed by atoms with Gasteiger partial charge in [-0.05, 0) is 26.3 Å². The predicted octanol–water partition coefficient (Wildman–Crippen LogP) is 0.124. The number of rotatable bonds is 2. The molecule has 2 N–H and O–H groups in total. The molecule has 13 heavy (non-hydrogen) atoms. The summed E-state index contributed by atoms with van der Waals surface area (Å²) in [5, 5.41) is 5.98. The normalized spacial score (nSPS) is 24.5. The molecule has 1 saturated heterocycles. The van der Waals surface area contributed by atoms with Gasteiger partial charge in [0.2, 0.25) is 5.91 Å². The quantitative estimate of drug-likeness (QED) is 0.593. The molecule has 1 aliphatic heterocycles. The van der Waals surface area contributed by atoms with Gasteiger partial charge < -0.3 is 10.6 Å². The van der Waals surface area contributed by atoms with Crippen LogP contribution in [0.2, 0.25) is 0 Å². The molecule has 1 heterocycles. The molecule has 0 spiro atoms. The number of nitrogens with one attached hydrogen (secondary N) is 2. The van der Waals surface area contributed by atoms with E-state index in [0.717, 1.165) is 25.9 Å². The summed E-state index contributed by atoms with van der Waals surface area (Å²) in [4.78, 5) is 11.5. The Balaban J connectivity index is 2.34. The van der Waals surface area contributed by atoms with Gasteiger partial charge in [-0.25, -0.2) is 0 Å². The maximum Gasteiger partial charge on any atom is 0.225 e. The molecule has 72 valence electrons. The van der Waals surface area contributed by atoms with Crippen LogP contribution in [0.25, 0.3) is 0 Å². The van der Waals surface area contributed by atoms with Crippen molar-refractivity contribution >= 4 is 5.91 Å².